The monoisotopic (exact) mass is 512 g/mol. The van der Waals surface area contributed by atoms with E-state index < -0.39 is 19.7 Å². The third-order valence-electron chi connectivity index (χ3n) is 5.98. The van der Waals surface area contributed by atoms with Crippen LogP contribution in [0.2, 0.25) is 18.1 Å². The highest BCUT2D eigenvalue weighted by Gasteiger charge is 2.38. The van der Waals surface area contributed by atoms with Gasteiger partial charge in [0, 0.05) is 6.20 Å². The van der Waals surface area contributed by atoms with Crippen molar-refractivity contribution in [3.63, 3.8) is 0 Å². The van der Waals surface area contributed by atoms with E-state index in [1.165, 1.54) is 12.3 Å². The molecule has 0 saturated carbocycles. The van der Waals surface area contributed by atoms with Crippen molar-refractivity contribution in [1.29, 1.82) is 0 Å². The van der Waals surface area contributed by atoms with Crippen LogP contribution >= 0.6 is 15.9 Å². The van der Waals surface area contributed by atoms with Crippen LogP contribution in [0.25, 0.3) is 11.0 Å². The molecule has 0 spiro atoms. The van der Waals surface area contributed by atoms with Crippen LogP contribution < -0.4 is 5.43 Å². The summed E-state index contributed by atoms with van der Waals surface area (Å²) < 4.78 is 13.6. The number of aromatic hydroxyl groups is 1. The van der Waals surface area contributed by atoms with Crippen LogP contribution in [0.1, 0.15) is 57.9 Å². The number of halogens is 1. The van der Waals surface area contributed by atoms with Crippen LogP contribution in [0.3, 0.4) is 0 Å². The lowest BCUT2D eigenvalue weighted by Crippen LogP contribution is -2.42. The molecule has 0 aliphatic carbocycles. The van der Waals surface area contributed by atoms with Crippen molar-refractivity contribution in [2.45, 2.75) is 65.7 Å². The number of rotatable bonds is 7. The average Bonchev–Trinajstić information content (AvgIpc) is 2.64. The van der Waals surface area contributed by atoms with Crippen LogP contribution in [0, 0.1) is 5.92 Å². The lowest BCUT2D eigenvalue weighted by Gasteiger charge is -2.38. The van der Waals surface area contributed by atoms with Crippen molar-refractivity contribution in [2.24, 2.45) is 5.92 Å². The van der Waals surface area contributed by atoms with Crippen LogP contribution in [0.4, 0.5) is 0 Å². The molecule has 0 amide bonds. The zero-order valence-corrected chi connectivity index (χ0v) is 22.2. The highest BCUT2D eigenvalue weighted by atomic mass is 79.9. The zero-order chi connectivity index (χ0) is 23.7. The lowest BCUT2D eigenvalue weighted by molar-refractivity contribution is 0.0523. The molecule has 1 N–H and O–H groups in total. The van der Waals surface area contributed by atoms with E-state index in [0.717, 1.165) is 0 Å². The standard InChI is InChI=1S/C22H33BrN2O5Si/c1-9-29-21(28)15-11-25(19-14(18(15)26)10-16(23)20(27)24-19)17(13(2)3)12-30-31(7,8)22(4,5)6/h10-11,13,17H,9,12H2,1-8H3,(H,24,27)/t17-/m1/s1. The number of fused-ring (bicyclic) bond motifs is 1. The summed E-state index contributed by atoms with van der Waals surface area (Å²) in [5.74, 6) is -0.796. The molecule has 31 heavy (non-hydrogen) atoms. The molecule has 0 fully saturated rings. The number of carbonyl (C=O) groups excluding carboxylic acids is 1. The number of hydrogen-bond acceptors (Lipinski definition) is 6. The average molecular weight is 514 g/mol. The summed E-state index contributed by atoms with van der Waals surface area (Å²) in [6.45, 7) is 17.2. The number of ether oxygens (including phenoxy) is 1. The van der Waals surface area contributed by atoms with E-state index in [9.17, 15) is 14.7 Å². The Bertz CT molecular complexity index is 1030. The summed E-state index contributed by atoms with van der Waals surface area (Å²) in [5, 5.41) is 10.5. The van der Waals surface area contributed by atoms with Gasteiger partial charge in [-0.2, -0.15) is 4.98 Å². The van der Waals surface area contributed by atoms with E-state index in [0.29, 0.717) is 12.3 Å². The molecule has 2 aromatic rings. The number of carbonyl (C=O) groups is 1. The molecule has 0 aromatic carbocycles. The van der Waals surface area contributed by atoms with Gasteiger partial charge in [-0.05, 0) is 53.0 Å². The van der Waals surface area contributed by atoms with Crippen molar-refractivity contribution in [3.8, 4) is 5.88 Å². The zero-order valence-electron chi connectivity index (χ0n) is 19.6. The quantitative estimate of drug-likeness (QED) is 0.401. The Labute approximate surface area is 193 Å². The second kappa shape index (κ2) is 9.42. The molecule has 0 saturated heterocycles. The molecule has 172 valence electrons. The molecule has 7 nitrogen and oxygen atoms in total. The Morgan fingerprint density at radius 2 is 1.94 bits per heavy atom. The Balaban J connectivity index is 2.71. The number of nitrogens with zero attached hydrogens (tertiary/aromatic N) is 2. The molecule has 9 heteroatoms. The van der Waals surface area contributed by atoms with Crippen molar-refractivity contribution >= 4 is 41.3 Å². The number of aromatic nitrogens is 2. The summed E-state index contributed by atoms with van der Waals surface area (Å²) in [6, 6.07) is 1.28. The summed E-state index contributed by atoms with van der Waals surface area (Å²) in [5.41, 5.74) is -0.242. The molecule has 0 radical (unpaired) electrons. The minimum absolute atomic E-state index is 0.0393. The minimum atomic E-state index is -2.04. The van der Waals surface area contributed by atoms with Crippen molar-refractivity contribution in [3.05, 3.63) is 32.5 Å². The first-order valence-corrected chi connectivity index (χ1v) is 14.2. The summed E-state index contributed by atoms with van der Waals surface area (Å²) in [7, 11) is -2.04. The fourth-order valence-corrected chi connectivity index (χ4v) is 4.29. The molecule has 0 unspecified atom stereocenters. The van der Waals surface area contributed by atoms with Crippen molar-refractivity contribution in [1.82, 2.24) is 9.55 Å². The van der Waals surface area contributed by atoms with Gasteiger partial charge in [0.15, 0.2) is 8.32 Å². The molecule has 2 aromatic heterocycles. The van der Waals surface area contributed by atoms with Gasteiger partial charge in [-0.15, -0.1) is 0 Å². The van der Waals surface area contributed by atoms with E-state index >= 15 is 0 Å². The van der Waals surface area contributed by atoms with E-state index in [-0.39, 0.29) is 44.9 Å². The highest BCUT2D eigenvalue weighted by Crippen LogP contribution is 2.38. The van der Waals surface area contributed by atoms with Gasteiger partial charge in [-0.3, -0.25) is 4.79 Å². The molecule has 1 atom stereocenters. The van der Waals surface area contributed by atoms with Gasteiger partial charge in [0.25, 0.3) is 0 Å². The first-order chi connectivity index (χ1) is 14.2. The molecular weight excluding hydrogens is 480 g/mol. The van der Waals surface area contributed by atoms with E-state index in [2.05, 4.69) is 54.8 Å². The largest absolute Gasteiger partial charge is 0.492 e. The molecule has 2 heterocycles. The van der Waals surface area contributed by atoms with E-state index in [4.69, 9.17) is 9.16 Å². The fourth-order valence-electron chi connectivity index (χ4n) is 2.95. The normalized spacial score (nSPS) is 13.6. The molecule has 0 aliphatic heterocycles. The van der Waals surface area contributed by atoms with Gasteiger partial charge in [0.2, 0.25) is 11.3 Å². The maximum atomic E-state index is 13.0. The first-order valence-electron chi connectivity index (χ1n) is 10.5. The van der Waals surface area contributed by atoms with Crippen LogP contribution in [0.15, 0.2) is 21.5 Å². The van der Waals surface area contributed by atoms with Gasteiger partial charge in [0.1, 0.15) is 11.2 Å². The van der Waals surface area contributed by atoms with Crippen molar-refractivity contribution in [2.75, 3.05) is 13.2 Å². The van der Waals surface area contributed by atoms with E-state index in [1.54, 1.807) is 11.5 Å². The van der Waals surface area contributed by atoms with Crippen molar-refractivity contribution < 1.29 is 19.1 Å². The highest BCUT2D eigenvalue weighted by molar-refractivity contribution is 9.10. The second-order valence-electron chi connectivity index (χ2n) is 9.55. The Kier molecular flexibility index (Phi) is 7.76. The summed E-state index contributed by atoms with van der Waals surface area (Å²) >= 11 is 3.22. The maximum absolute atomic E-state index is 13.0. The maximum Gasteiger partial charge on any atom is 0.343 e. The summed E-state index contributed by atoms with van der Waals surface area (Å²) in [6.07, 6.45) is 1.49. The summed E-state index contributed by atoms with van der Waals surface area (Å²) in [4.78, 5) is 29.8. The number of pyridine rings is 2. The minimum Gasteiger partial charge on any atom is -0.492 e. The third-order valence-corrected chi connectivity index (χ3v) is 11.1. The second-order valence-corrected chi connectivity index (χ2v) is 15.2. The van der Waals surface area contributed by atoms with Crippen LogP contribution in [-0.4, -0.2) is 42.2 Å². The number of esters is 1. The first kappa shape index (κ1) is 25.5. The Morgan fingerprint density at radius 1 is 1.32 bits per heavy atom. The predicted molar refractivity (Wildman–Crippen MR) is 128 cm³/mol. The molecule has 0 aliphatic rings. The van der Waals surface area contributed by atoms with Crippen LogP contribution in [0.5, 0.6) is 5.88 Å². The topological polar surface area (TPSA) is 90.7 Å². The predicted octanol–water partition coefficient (Wildman–Crippen LogP) is 5.26. The van der Waals surface area contributed by atoms with Gasteiger partial charge in [-0.25, -0.2) is 4.79 Å². The smallest absolute Gasteiger partial charge is 0.343 e. The Hall–Kier alpha value is -1.71. The fraction of sp³-hybridized carbons (Fsp3) is 0.591. The molecule has 0 bridgehead atoms. The van der Waals surface area contributed by atoms with Gasteiger partial charge in [0.05, 0.1) is 29.1 Å². The third kappa shape index (κ3) is 5.38. The SMILES string of the molecule is CCOC(=O)c1cn([C@H](CO[Si](C)(C)C(C)(C)C)C(C)C)c2nc(O)c(Br)cc2c1=O. The molecular formula is C22H33BrN2O5Si. The van der Waals surface area contributed by atoms with E-state index in [1.807, 2.05) is 13.8 Å². The molecule has 2 rings (SSSR count). The Morgan fingerprint density at radius 3 is 2.45 bits per heavy atom. The van der Waals surface area contributed by atoms with Crippen LogP contribution in [-0.2, 0) is 9.16 Å². The van der Waals surface area contributed by atoms with Gasteiger partial charge in [-0.1, -0.05) is 34.6 Å². The number of hydrogen-bond donors (Lipinski definition) is 1. The van der Waals surface area contributed by atoms with Gasteiger partial charge >= 0.3 is 5.97 Å². The van der Waals surface area contributed by atoms with Gasteiger partial charge < -0.3 is 18.8 Å². The lowest BCUT2D eigenvalue weighted by atomic mass is 10.0.